The van der Waals surface area contributed by atoms with Crippen LogP contribution in [0, 0.1) is 0 Å². The number of fused-ring (bicyclic) bond motifs is 1. The Bertz CT molecular complexity index is 1210. The number of aromatic nitrogens is 3. The third-order valence-corrected chi connectivity index (χ3v) is 5.48. The lowest BCUT2D eigenvalue weighted by atomic mass is 10.1. The van der Waals surface area contributed by atoms with Crippen molar-refractivity contribution in [3.8, 4) is 11.3 Å². The summed E-state index contributed by atoms with van der Waals surface area (Å²) in [5.74, 6) is -2.72. The first-order valence-corrected chi connectivity index (χ1v) is 11.1. The second-order valence-electron chi connectivity index (χ2n) is 7.77. The summed E-state index contributed by atoms with van der Waals surface area (Å²) in [7, 11) is 0. The van der Waals surface area contributed by atoms with Crippen LogP contribution in [0.3, 0.4) is 0 Å². The summed E-state index contributed by atoms with van der Waals surface area (Å²) >= 11 is 0. The van der Waals surface area contributed by atoms with Gasteiger partial charge in [0.25, 0.3) is 5.91 Å². The standard InChI is InChI=1S/C21H24N6O2.C2HF3O2/c1-2-25-11-13-26(14-12-25)17(28)15-23-20(29)19-18(16-7-4-3-5-8-16)24-21-22-9-6-10-27(19)21;3-2(4,5)1(6)7/h3-10H,2,11-15H2,1H3,(H,23,29);(H,6,7). The van der Waals surface area contributed by atoms with Gasteiger partial charge in [-0.05, 0) is 12.6 Å². The van der Waals surface area contributed by atoms with E-state index in [1.807, 2.05) is 30.3 Å². The summed E-state index contributed by atoms with van der Waals surface area (Å²) in [5, 5.41) is 9.90. The van der Waals surface area contributed by atoms with Crippen LogP contribution < -0.4 is 5.32 Å². The number of nitrogens with zero attached hydrogens (tertiary/aromatic N) is 5. The molecule has 0 unspecified atom stereocenters. The molecule has 1 fully saturated rings. The molecule has 36 heavy (non-hydrogen) atoms. The molecular weight excluding hydrogens is 481 g/mol. The van der Waals surface area contributed by atoms with Crippen molar-refractivity contribution in [3.05, 3.63) is 54.5 Å². The van der Waals surface area contributed by atoms with Crippen molar-refractivity contribution < 1.29 is 32.7 Å². The number of benzene rings is 1. The van der Waals surface area contributed by atoms with Crippen molar-refractivity contribution in [2.75, 3.05) is 39.3 Å². The van der Waals surface area contributed by atoms with E-state index in [2.05, 4.69) is 27.1 Å². The van der Waals surface area contributed by atoms with Crippen LogP contribution in [0.15, 0.2) is 48.8 Å². The maximum Gasteiger partial charge on any atom is 0.490 e. The summed E-state index contributed by atoms with van der Waals surface area (Å²) < 4.78 is 33.4. The van der Waals surface area contributed by atoms with Crippen LogP contribution in [-0.2, 0) is 9.59 Å². The van der Waals surface area contributed by atoms with E-state index in [0.717, 1.165) is 25.2 Å². The van der Waals surface area contributed by atoms with Gasteiger partial charge in [-0.15, -0.1) is 0 Å². The first-order chi connectivity index (χ1) is 17.1. The summed E-state index contributed by atoms with van der Waals surface area (Å²) in [6.07, 6.45) is -1.69. The molecule has 0 radical (unpaired) electrons. The van der Waals surface area contributed by atoms with Crippen molar-refractivity contribution in [1.82, 2.24) is 29.5 Å². The number of nitrogens with one attached hydrogen (secondary N) is 1. The molecule has 192 valence electrons. The van der Waals surface area contributed by atoms with Gasteiger partial charge in [0.2, 0.25) is 11.7 Å². The van der Waals surface area contributed by atoms with Gasteiger partial charge in [-0.2, -0.15) is 13.2 Å². The number of halogens is 3. The molecule has 2 aromatic heterocycles. The van der Waals surface area contributed by atoms with E-state index in [1.54, 1.807) is 27.8 Å². The second-order valence-corrected chi connectivity index (χ2v) is 7.77. The van der Waals surface area contributed by atoms with E-state index in [1.165, 1.54) is 0 Å². The molecule has 1 saturated heterocycles. The fourth-order valence-corrected chi connectivity index (χ4v) is 3.57. The quantitative estimate of drug-likeness (QED) is 0.543. The zero-order valence-electron chi connectivity index (χ0n) is 19.4. The number of piperazine rings is 1. The van der Waals surface area contributed by atoms with E-state index in [9.17, 15) is 22.8 Å². The van der Waals surface area contributed by atoms with Crippen molar-refractivity contribution in [1.29, 1.82) is 0 Å². The predicted octanol–water partition coefficient (Wildman–Crippen LogP) is 1.92. The van der Waals surface area contributed by atoms with E-state index in [0.29, 0.717) is 30.3 Å². The number of amides is 2. The lowest BCUT2D eigenvalue weighted by Gasteiger charge is -2.34. The molecule has 10 nitrogen and oxygen atoms in total. The van der Waals surface area contributed by atoms with Gasteiger partial charge in [-0.3, -0.25) is 14.0 Å². The molecule has 1 aliphatic rings. The first kappa shape index (κ1) is 26.6. The normalized spacial score (nSPS) is 14.2. The number of likely N-dealkylation sites (N-methyl/N-ethyl adjacent to an activating group) is 1. The minimum Gasteiger partial charge on any atom is -0.475 e. The van der Waals surface area contributed by atoms with Gasteiger partial charge in [0.05, 0.1) is 6.54 Å². The van der Waals surface area contributed by atoms with Crippen LogP contribution in [0.2, 0.25) is 0 Å². The highest BCUT2D eigenvalue weighted by molar-refractivity contribution is 6.01. The molecular formula is C23H25F3N6O4. The van der Waals surface area contributed by atoms with Crippen LogP contribution >= 0.6 is 0 Å². The third kappa shape index (κ3) is 6.56. The molecule has 0 spiro atoms. The zero-order chi connectivity index (χ0) is 26.3. The maximum atomic E-state index is 13.0. The van der Waals surface area contributed by atoms with Crippen LogP contribution in [-0.4, -0.2) is 92.5 Å². The van der Waals surface area contributed by atoms with Gasteiger partial charge in [0.15, 0.2) is 0 Å². The van der Waals surface area contributed by atoms with Gasteiger partial charge < -0.3 is 20.2 Å². The van der Waals surface area contributed by atoms with Crippen LogP contribution in [0.1, 0.15) is 17.4 Å². The number of carbonyl (C=O) groups excluding carboxylic acids is 2. The Balaban J connectivity index is 0.000000454. The zero-order valence-corrected chi connectivity index (χ0v) is 19.4. The Morgan fingerprint density at radius 1 is 1.06 bits per heavy atom. The SMILES string of the molecule is CCN1CCN(C(=O)CNC(=O)c2c(-c3ccccc3)nc3ncccn23)CC1.O=C(O)C(F)(F)F. The highest BCUT2D eigenvalue weighted by Gasteiger charge is 2.38. The Hall–Kier alpha value is -4.00. The molecule has 0 bridgehead atoms. The van der Waals surface area contributed by atoms with E-state index >= 15 is 0 Å². The molecule has 3 heterocycles. The molecule has 0 atom stereocenters. The monoisotopic (exact) mass is 506 g/mol. The van der Waals surface area contributed by atoms with Gasteiger partial charge in [-0.25, -0.2) is 14.8 Å². The molecule has 2 N–H and O–H groups in total. The highest BCUT2D eigenvalue weighted by Crippen LogP contribution is 2.23. The number of carbonyl (C=O) groups is 3. The number of hydrogen-bond acceptors (Lipinski definition) is 6. The lowest BCUT2D eigenvalue weighted by molar-refractivity contribution is -0.192. The smallest absolute Gasteiger partial charge is 0.475 e. The number of hydrogen-bond donors (Lipinski definition) is 2. The van der Waals surface area contributed by atoms with Crippen molar-refractivity contribution in [2.24, 2.45) is 0 Å². The predicted molar refractivity (Wildman–Crippen MR) is 123 cm³/mol. The average Bonchev–Trinajstić information content (AvgIpc) is 3.27. The first-order valence-electron chi connectivity index (χ1n) is 11.1. The van der Waals surface area contributed by atoms with E-state index in [-0.39, 0.29) is 18.4 Å². The van der Waals surface area contributed by atoms with Crippen molar-refractivity contribution >= 4 is 23.6 Å². The van der Waals surface area contributed by atoms with Gasteiger partial charge in [0, 0.05) is 44.1 Å². The van der Waals surface area contributed by atoms with Crippen molar-refractivity contribution in [3.63, 3.8) is 0 Å². The Morgan fingerprint density at radius 3 is 2.28 bits per heavy atom. The largest absolute Gasteiger partial charge is 0.490 e. The minimum atomic E-state index is -5.08. The lowest BCUT2D eigenvalue weighted by Crippen LogP contribution is -2.51. The number of aliphatic carboxylic acids is 1. The highest BCUT2D eigenvalue weighted by atomic mass is 19.4. The third-order valence-electron chi connectivity index (χ3n) is 5.48. The summed E-state index contributed by atoms with van der Waals surface area (Å²) in [6.45, 7) is 6.19. The van der Waals surface area contributed by atoms with Crippen molar-refractivity contribution in [2.45, 2.75) is 13.1 Å². The maximum absolute atomic E-state index is 13.0. The number of rotatable bonds is 5. The number of carboxylic acids is 1. The van der Waals surface area contributed by atoms with Gasteiger partial charge in [-0.1, -0.05) is 37.3 Å². The summed E-state index contributed by atoms with van der Waals surface area (Å²) in [4.78, 5) is 47.3. The Morgan fingerprint density at radius 2 is 1.69 bits per heavy atom. The minimum absolute atomic E-state index is 0.0350. The average molecular weight is 506 g/mol. The fourth-order valence-electron chi connectivity index (χ4n) is 3.57. The Kier molecular flexibility index (Phi) is 8.59. The van der Waals surface area contributed by atoms with Gasteiger partial charge in [0.1, 0.15) is 11.4 Å². The summed E-state index contributed by atoms with van der Waals surface area (Å²) in [5.41, 5.74) is 1.75. The molecule has 0 saturated carbocycles. The number of alkyl halides is 3. The molecule has 3 aromatic rings. The topological polar surface area (TPSA) is 120 Å². The molecule has 1 aromatic carbocycles. The number of carboxylic acid groups (broad SMARTS) is 1. The second kappa shape index (κ2) is 11.6. The fraction of sp³-hybridized carbons (Fsp3) is 0.348. The van der Waals surface area contributed by atoms with Gasteiger partial charge >= 0.3 is 12.1 Å². The Labute approximate surface area is 204 Å². The summed E-state index contributed by atoms with van der Waals surface area (Å²) in [6, 6.07) is 11.3. The molecule has 13 heteroatoms. The van der Waals surface area contributed by atoms with Crippen LogP contribution in [0.4, 0.5) is 13.2 Å². The molecule has 2 amide bonds. The van der Waals surface area contributed by atoms with Crippen LogP contribution in [0.25, 0.3) is 17.0 Å². The molecule has 4 rings (SSSR count). The van der Waals surface area contributed by atoms with Crippen LogP contribution in [0.5, 0.6) is 0 Å². The number of imidazole rings is 1. The molecule has 0 aliphatic carbocycles. The van der Waals surface area contributed by atoms with E-state index < -0.39 is 12.1 Å². The van der Waals surface area contributed by atoms with E-state index in [4.69, 9.17) is 9.90 Å². The molecule has 1 aliphatic heterocycles.